The molecule has 1 unspecified atom stereocenters. The lowest BCUT2D eigenvalue weighted by atomic mass is 10.1. The number of carbonyl (C=O) groups excluding carboxylic acids is 1. The molecular formula is C15H13Cl2N5O3. The maximum atomic E-state index is 12.5. The molecule has 1 aromatic carbocycles. The third-order valence-corrected chi connectivity index (χ3v) is 4.45. The molecule has 0 bridgehead atoms. The number of hydrogen-bond acceptors (Lipinski definition) is 6. The number of tetrazole rings is 1. The van der Waals surface area contributed by atoms with E-state index in [4.69, 9.17) is 32.8 Å². The van der Waals surface area contributed by atoms with Crippen molar-refractivity contribution < 1.29 is 14.4 Å². The van der Waals surface area contributed by atoms with E-state index in [0.717, 1.165) is 19.3 Å². The van der Waals surface area contributed by atoms with E-state index in [-0.39, 0.29) is 11.2 Å². The summed E-state index contributed by atoms with van der Waals surface area (Å²) >= 11 is 12.3. The van der Waals surface area contributed by atoms with Crippen molar-refractivity contribution in [1.82, 2.24) is 25.5 Å². The zero-order valence-corrected chi connectivity index (χ0v) is 14.4. The summed E-state index contributed by atoms with van der Waals surface area (Å²) in [6.07, 6.45) is 2.26. The van der Waals surface area contributed by atoms with Gasteiger partial charge in [0.15, 0.2) is 11.9 Å². The smallest absolute Gasteiger partial charge is 0.278 e. The molecule has 1 aliphatic heterocycles. The lowest BCUT2D eigenvalue weighted by molar-refractivity contribution is -0.186. The van der Waals surface area contributed by atoms with E-state index in [0.29, 0.717) is 27.6 Å². The second-order valence-corrected chi connectivity index (χ2v) is 6.49. The number of nitrogens with one attached hydrogen (secondary N) is 1. The summed E-state index contributed by atoms with van der Waals surface area (Å²) in [4.78, 5) is 17.9. The first-order valence-electron chi connectivity index (χ1n) is 7.71. The van der Waals surface area contributed by atoms with Crippen molar-refractivity contribution in [2.45, 2.75) is 25.6 Å². The van der Waals surface area contributed by atoms with Gasteiger partial charge in [0, 0.05) is 23.4 Å². The van der Waals surface area contributed by atoms with Gasteiger partial charge >= 0.3 is 0 Å². The average Bonchev–Trinajstić information content (AvgIpc) is 3.08. The van der Waals surface area contributed by atoms with Gasteiger partial charge in [-0.1, -0.05) is 23.2 Å². The number of halogens is 2. The van der Waals surface area contributed by atoms with Gasteiger partial charge in [-0.05, 0) is 41.5 Å². The van der Waals surface area contributed by atoms with Crippen molar-refractivity contribution in [3.63, 3.8) is 0 Å². The van der Waals surface area contributed by atoms with Crippen molar-refractivity contribution in [1.29, 1.82) is 0 Å². The van der Waals surface area contributed by atoms with Gasteiger partial charge in [-0.3, -0.25) is 4.79 Å². The summed E-state index contributed by atoms with van der Waals surface area (Å²) in [5.74, 6) is -0.480. The van der Waals surface area contributed by atoms with Crippen molar-refractivity contribution in [2.75, 3.05) is 6.61 Å². The Morgan fingerprint density at radius 2 is 2.20 bits per heavy atom. The quantitative estimate of drug-likeness (QED) is 0.701. The molecule has 10 heteroatoms. The van der Waals surface area contributed by atoms with Crippen LogP contribution in [0.4, 0.5) is 0 Å². The maximum absolute atomic E-state index is 12.5. The Kier molecular flexibility index (Phi) is 4.43. The summed E-state index contributed by atoms with van der Waals surface area (Å²) in [5, 5.41) is 12.9. The third-order valence-electron chi connectivity index (χ3n) is 3.95. The third kappa shape index (κ3) is 3.13. The van der Waals surface area contributed by atoms with Gasteiger partial charge in [0.1, 0.15) is 0 Å². The Bertz CT molecular complexity index is 955. The summed E-state index contributed by atoms with van der Waals surface area (Å²) in [6, 6.07) is 4.90. The fourth-order valence-corrected chi connectivity index (χ4v) is 3.38. The summed E-state index contributed by atoms with van der Waals surface area (Å²) in [7, 11) is 0. The highest BCUT2D eigenvalue weighted by atomic mass is 35.5. The molecule has 25 heavy (non-hydrogen) atoms. The lowest BCUT2D eigenvalue weighted by Gasteiger charge is -2.22. The molecule has 1 saturated heterocycles. The topological polar surface area (TPSA) is 90.6 Å². The molecule has 2 aromatic heterocycles. The minimum Gasteiger partial charge on any atom is -0.350 e. The molecule has 0 radical (unpaired) electrons. The predicted molar refractivity (Wildman–Crippen MR) is 90.5 cm³/mol. The van der Waals surface area contributed by atoms with Gasteiger partial charge in [0.25, 0.3) is 5.91 Å². The van der Waals surface area contributed by atoms with Crippen LogP contribution in [0.1, 0.15) is 29.6 Å². The van der Waals surface area contributed by atoms with E-state index in [1.54, 1.807) is 18.2 Å². The fraction of sp³-hybridized carbons (Fsp3) is 0.333. The molecule has 1 N–H and O–H groups in total. The number of fused-ring (bicyclic) bond motifs is 3. The second kappa shape index (κ2) is 6.72. The summed E-state index contributed by atoms with van der Waals surface area (Å²) < 4.78 is 6.82. The first kappa shape index (κ1) is 16.5. The number of aromatic nitrogens is 4. The zero-order valence-electron chi connectivity index (χ0n) is 12.9. The molecular weight excluding hydrogens is 369 g/mol. The number of carbonyl (C=O) groups is 1. The van der Waals surface area contributed by atoms with Crippen LogP contribution in [-0.4, -0.2) is 38.8 Å². The number of hydrogen-bond donors (Lipinski definition) is 1. The summed E-state index contributed by atoms with van der Waals surface area (Å²) in [5.41, 5.74) is 3.48. The van der Waals surface area contributed by atoms with E-state index in [1.165, 1.54) is 4.52 Å². The minimum absolute atomic E-state index is 0.242. The second-order valence-electron chi connectivity index (χ2n) is 5.64. The zero-order chi connectivity index (χ0) is 17.4. The first-order valence-corrected chi connectivity index (χ1v) is 8.46. The SMILES string of the molecule is O=C(NOC1CCCCO1)c1cc2cc(Cl)cc(Cl)c2n2nnnc12. The van der Waals surface area contributed by atoms with Crippen LogP contribution in [0.25, 0.3) is 16.6 Å². The van der Waals surface area contributed by atoms with Gasteiger partial charge in [-0.25, -0.2) is 10.3 Å². The Balaban J connectivity index is 1.70. The number of amides is 1. The normalized spacial score (nSPS) is 17.9. The van der Waals surface area contributed by atoms with Gasteiger partial charge < -0.3 is 4.74 Å². The average molecular weight is 382 g/mol. The van der Waals surface area contributed by atoms with E-state index in [2.05, 4.69) is 21.0 Å². The van der Waals surface area contributed by atoms with Gasteiger partial charge in [0.05, 0.1) is 16.1 Å². The first-order chi connectivity index (χ1) is 12.1. The molecule has 0 spiro atoms. The molecule has 1 atom stereocenters. The van der Waals surface area contributed by atoms with E-state index < -0.39 is 12.2 Å². The highest BCUT2D eigenvalue weighted by molar-refractivity contribution is 6.38. The number of rotatable bonds is 3. The molecule has 8 nitrogen and oxygen atoms in total. The van der Waals surface area contributed by atoms with Gasteiger partial charge in [-0.15, -0.1) is 5.10 Å². The van der Waals surface area contributed by atoms with Crippen LogP contribution in [0.15, 0.2) is 18.2 Å². The lowest BCUT2D eigenvalue weighted by Crippen LogP contribution is -2.33. The fourth-order valence-electron chi connectivity index (χ4n) is 2.79. The largest absolute Gasteiger partial charge is 0.350 e. The highest BCUT2D eigenvalue weighted by Crippen LogP contribution is 2.29. The van der Waals surface area contributed by atoms with Crippen molar-refractivity contribution in [3.8, 4) is 0 Å². The molecule has 3 aromatic rings. The summed E-state index contributed by atoms with van der Waals surface area (Å²) in [6.45, 7) is 0.617. The maximum Gasteiger partial charge on any atom is 0.278 e. The Hall–Kier alpha value is -2.00. The minimum atomic E-state index is -0.480. The van der Waals surface area contributed by atoms with Gasteiger partial charge in [0.2, 0.25) is 0 Å². The van der Waals surface area contributed by atoms with Crippen LogP contribution in [0, 0.1) is 0 Å². The van der Waals surface area contributed by atoms with E-state index in [1.807, 2.05) is 0 Å². The predicted octanol–water partition coefficient (Wildman–Crippen LogP) is 2.77. The van der Waals surface area contributed by atoms with Crippen molar-refractivity contribution in [3.05, 3.63) is 33.8 Å². The molecule has 1 amide bonds. The molecule has 4 rings (SSSR count). The van der Waals surface area contributed by atoms with Crippen LogP contribution in [0.5, 0.6) is 0 Å². The molecule has 0 saturated carbocycles. The number of benzene rings is 1. The van der Waals surface area contributed by atoms with Crippen LogP contribution >= 0.6 is 23.2 Å². The molecule has 130 valence electrons. The Labute approximate surface area is 151 Å². The number of ether oxygens (including phenoxy) is 1. The highest BCUT2D eigenvalue weighted by Gasteiger charge is 2.21. The molecule has 1 fully saturated rings. The van der Waals surface area contributed by atoms with Crippen molar-refractivity contribution in [2.24, 2.45) is 0 Å². The molecule has 1 aliphatic rings. The Morgan fingerprint density at radius 1 is 1.32 bits per heavy atom. The van der Waals surface area contributed by atoms with Crippen LogP contribution < -0.4 is 5.48 Å². The van der Waals surface area contributed by atoms with Crippen LogP contribution in [0.3, 0.4) is 0 Å². The Morgan fingerprint density at radius 3 is 3.00 bits per heavy atom. The van der Waals surface area contributed by atoms with E-state index in [9.17, 15) is 4.79 Å². The molecule has 3 heterocycles. The standard InChI is InChI=1S/C15H13Cl2N5O3/c16-9-5-8-6-10(15(23)19-25-12-3-1-2-4-24-12)14-18-20-21-22(14)13(8)11(17)7-9/h5-7,12H,1-4H2,(H,19,23). The van der Waals surface area contributed by atoms with Crippen LogP contribution in [-0.2, 0) is 9.57 Å². The molecule has 0 aliphatic carbocycles. The van der Waals surface area contributed by atoms with Gasteiger partial charge in [-0.2, -0.15) is 4.52 Å². The number of hydroxylamine groups is 1. The van der Waals surface area contributed by atoms with Crippen LogP contribution in [0.2, 0.25) is 10.0 Å². The number of pyridine rings is 1. The number of nitrogens with zero attached hydrogens (tertiary/aromatic N) is 4. The van der Waals surface area contributed by atoms with Crippen molar-refractivity contribution >= 4 is 45.7 Å². The van der Waals surface area contributed by atoms with E-state index >= 15 is 0 Å². The monoisotopic (exact) mass is 381 g/mol.